The Morgan fingerprint density at radius 1 is 0.935 bits per heavy atom. The number of esters is 1. The van der Waals surface area contributed by atoms with Crippen molar-refractivity contribution in [2.75, 3.05) is 17.5 Å². The molecule has 3 aromatic rings. The van der Waals surface area contributed by atoms with Crippen LogP contribution in [0.4, 0.5) is 5.69 Å². The Balaban J connectivity index is 1.50. The molecule has 0 spiro atoms. The first-order chi connectivity index (χ1) is 14.9. The number of Topliss-reactive ketones (excluding diaryl/α,β-unsaturated/α-hetero) is 1. The van der Waals surface area contributed by atoms with Gasteiger partial charge in [-0.25, -0.2) is 13.2 Å². The van der Waals surface area contributed by atoms with Crippen molar-refractivity contribution in [3.8, 4) is 0 Å². The van der Waals surface area contributed by atoms with Crippen LogP contribution in [0.2, 0.25) is 5.02 Å². The van der Waals surface area contributed by atoms with E-state index in [1.165, 1.54) is 34.6 Å². The maximum absolute atomic E-state index is 13.2. The minimum Gasteiger partial charge on any atom is -0.454 e. The highest BCUT2D eigenvalue weighted by Gasteiger charge is 2.31. The van der Waals surface area contributed by atoms with Crippen molar-refractivity contribution in [2.24, 2.45) is 0 Å². The molecule has 0 radical (unpaired) electrons. The first kappa shape index (κ1) is 21.1. The molecular weight excluding hydrogens is 438 g/mol. The van der Waals surface area contributed by atoms with Gasteiger partial charge in [0.05, 0.1) is 16.1 Å². The number of hydrogen-bond acceptors (Lipinski definition) is 5. The second-order valence-electron chi connectivity index (χ2n) is 6.99. The van der Waals surface area contributed by atoms with Crippen LogP contribution in [-0.4, -0.2) is 33.3 Å². The van der Waals surface area contributed by atoms with Crippen LogP contribution in [0.3, 0.4) is 0 Å². The lowest BCUT2D eigenvalue weighted by Gasteiger charge is -2.19. The summed E-state index contributed by atoms with van der Waals surface area (Å²) in [6, 6.07) is 19.3. The molecular formula is C23H18ClNO5S. The molecule has 0 saturated heterocycles. The molecule has 0 unspecified atom stereocenters. The summed E-state index contributed by atoms with van der Waals surface area (Å²) < 4.78 is 32.8. The van der Waals surface area contributed by atoms with Gasteiger partial charge in [0.1, 0.15) is 0 Å². The number of halogens is 1. The molecule has 0 saturated carbocycles. The fourth-order valence-corrected chi connectivity index (χ4v) is 5.17. The Kier molecular flexibility index (Phi) is 5.80. The summed E-state index contributed by atoms with van der Waals surface area (Å²) in [6.45, 7) is -0.139. The number of carbonyl (C=O) groups excluding carboxylic acids is 2. The van der Waals surface area contributed by atoms with Crippen LogP contribution in [0, 0.1) is 0 Å². The van der Waals surface area contributed by atoms with Crippen molar-refractivity contribution in [3.63, 3.8) is 0 Å². The van der Waals surface area contributed by atoms with Gasteiger partial charge in [0, 0.05) is 17.1 Å². The Morgan fingerprint density at radius 3 is 2.48 bits per heavy atom. The number of hydrogen-bond donors (Lipinski definition) is 0. The van der Waals surface area contributed by atoms with Crippen molar-refractivity contribution in [3.05, 3.63) is 94.5 Å². The van der Waals surface area contributed by atoms with E-state index in [4.69, 9.17) is 16.3 Å². The third kappa shape index (κ3) is 4.33. The summed E-state index contributed by atoms with van der Waals surface area (Å²) in [5.41, 5.74) is 1.97. The molecule has 1 aliphatic rings. The van der Waals surface area contributed by atoms with Gasteiger partial charge in [-0.05, 0) is 48.4 Å². The number of carbonyl (C=O) groups is 2. The lowest BCUT2D eigenvalue weighted by molar-refractivity contribution is 0.0474. The number of anilines is 1. The number of nitrogens with zero attached hydrogens (tertiary/aromatic N) is 1. The lowest BCUT2D eigenvalue weighted by atomic mass is 10.1. The molecule has 0 amide bonds. The average molecular weight is 456 g/mol. The van der Waals surface area contributed by atoms with Crippen LogP contribution < -0.4 is 4.31 Å². The summed E-state index contributed by atoms with van der Waals surface area (Å²) in [5.74, 6) is -1.19. The predicted molar refractivity (Wildman–Crippen MR) is 117 cm³/mol. The van der Waals surface area contributed by atoms with Crippen LogP contribution in [0.25, 0.3) is 0 Å². The molecule has 0 atom stereocenters. The molecule has 0 N–H and O–H groups in total. The normalized spacial score (nSPS) is 13.0. The molecule has 158 valence electrons. The van der Waals surface area contributed by atoms with Crippen molar-refractivity contribution in [1.29, 1.82) is 0 Å². The van der Waals surface area contributed by atoms with E-state index >= 15 is 0 Å². The first-order valence-corrected chi connectivity index (χ1v) is 11.3. The van der Waals surface area contributed by atoms with Gasteiger partial charge in [0.2, 0.25) is 0 Å². The molecule has 3 aromatic carbocycles. The second kappa shape index (κ2) is 8.53. The van der Waals surface area contributed by atoms with Crippen LogP contribution >= 0.6 is 11.6 Å². The quantitative estimate of drug-likeness (QED) is 0.412. The zero-order valence-corrected chi connectivity index (χ0v) is 17.9. The minimum atomic E-state index is -3.84. The zero-order chi connectivity index (χ0) is 22.0. The summed E-state index contributed by atoms with van der Waals surface area (Å²) in [4.78, 5) is 24.6. The SMILES string of the molecule is O=C(COC(=O)c1cccc(S(=O)(=O)N2CCc3ccccc32)c1)c1cccc(Cl)c1. The zero-order valence-electron chi connectivity index (χ0n) is 16.3. The van der Waals surface area contributed by atoms with Crippen LogP contribution in [0.1, 0.15) is 26.3 Å². The summed E-state index contributed by atoms with van der Waals surface area (Å²) in [6.07, 6.45) is 0.628. The van der Waals surface area contributed by atoms with Crippen molar-refractivity contribution >= 4 is 39.1 Å². The van der Waals surface area contributed by atoms with Crippen molar-refractivity contribution < 1.29 is 22.7 Å². The average Bonchev–Trinajstić information content (AvgIpc) is 3.22. The van der Waals surface area contributed by atoms with E-state index in [0.29, 0.717) is 29.2 Å². The smallest absolute Gasteiger partial charge is 0.338 e. The molecule has 6 nitrogen and oxygen atoms in total. The van der Waals surface area contributed by atoms with E-state index in [-0.39, 0.29) is 10.5 Å². The molecule has 1 heterocycles. The van der Waals surface area contributed by atoms with Crippen molar-refractivity contribution in [2.45, 2.75) is 11.3 Å². The maximum Gasteiger partial charge on any atom is 0.338 e. The Hall–Kier alpha value is -3.16. The molecule has 31 heavy (non-hydrogen) atoms. The van der Waals surface area contributed by atoms with Gasteiger partial charge in [-0.1, -0.05) is 48.0 Å². The molecule has 0 aromatic heterocycles. The summed E-state index contributed by atoms with van der Waals surface area (Å²) in [7, 11) is -3.84. The Labute approximate surface area is 185 Å². The van der Waals surface area contributed by atoms with Gasteiger partial charge in [-0.15, -0.1) is 0 Å². The van der Waals surface area contributed by atoms with Gasteiger partial charge in [0.25, 0.3) is 10.0 Å². The minimum absolute atomic E-state index is 0.0141. The van der Waals surface area contributed by atoms with Gasteiger partial charge in [0.15, 0.2) is 12.4 Å². The highest BCUT2D eigenvalue weighted by Crippen LogP contribution is 2.32. The Morgan fingerprint density at radius 2 is 1.68 bits per heavy atom. The number of ether oxygens (including phenoxy) is 1. The third-order valence-electron chi connectivity index (χ3n) is 4.98. The highest BCUT2D eigenvalue weighted by atomic mass is 35.5. The third-order valence-corrected chi connectivity index (χ3v) is 7.03. The van der Waals surface area contributed by atoms with Gasteiger partial charge < -0.3 is 4.74 Å². The van der Waals surface area contributed by atoms with Gasteiger partial charge in [-0.3, -0.25) is 9.10 Å². The lowest BCUT2D eigenvalue weighted by Crippen LogP contribution is -2.29. The van der Waals surface area contributed by atoms with Crippen molar-refractivity contribution in [1.82, 2.24) is 0 Å². The van der Waals surface area contributed by atoms with E-state index < -0.39 is 28.4 Å². The van der Waals surface area contributed by atoms with E-state index in [1.807, 2.05) is 12.1 Å². The topological polar surface area (TPSA) is 80.8 Å². The number of fused-ring (bicyclic) bond motifs is 1. The molecule has 0 bridgehead atoms. The van der Waals surface area contributed by atoms with Gasteiger partial charge >= 0.3 is 5.97 Å². The molecule has 8 heteroatoms. The number of benzene rings is 3. The van der Waals surface area contributed by atoms with E-state index in [9.17, 15) is 18.0 Å². The van der Waals surface area contributed by atoms with Crippen LogP contribution in [0.5, 0.6) is 0 Å². The summed E-state index contributed by atoms with van der Waals surface area (Å²) in [5, 5.41) is 0.401. The number of ketones is 1. The largest absolute Gasteiger partial charge is 0.454 e. The standard InChI is InChI=1S/C23H18ClNO5S/c24-19-8-3-6-17(13-19)22(26)15-30-23(27)18-7-4-9-20(14-18)31(28,29)25-12-11-16-5-1-2-10-21(16)25/h1-10,13-14H,11-12,15H2. The number of para-hydroxylation sites is 1. The highest BCUT2D eigenvalue weighted by molar-refractivity contribution is 7.92. The van der Waals surface area contributed by atoms with E-state index in [0.717, 1.165) is 5.56 Å². The van der Waals surface area contributed by atoms with Crippen LogP contribution in [-0.2, 0) is 21.2 Å². The first-order valence-electron chi connectivity index (χ1n) is 9.53. The number of sulfonamides is 1. The molecule has 0 aliphatic carbocycles. The summed E-state index contributed by atoms with van der Waals surface area (Å²) >= 11 is 5.87. The fraction of sp³-hybridized carbons (Fsp3) is 0.130. The predicted octanol–water partition coefficient (Wildman–Crippen LogP) is 4.13. The van der Waals surface area contributed by atoms with E-state index in [2.05, 4.69) is 0 Å². The molecule has 1 aliphatic heterocycles. The maximum atomic E-state index is 13.2. The van der Waals surface area contributed by atoms with Gasteiger partial charge in [-0.2, -0.15) is 0 Å². The molecule has 4 rings (SSSR count). The monoisotopic (exact) mass is 455 g/mol. The Bertz CT molecular complexity index is 1270. The van der Waals surface area contributed by atoms with E-state index in [1.54, 1.807) is 30.3 Å². The second-order valence-corrected chi connectivity index (χ2v) is 9.29. The van der Waals surface area contributed by atoms with Crippen LogP contribution in [0.15, 0.2) is 77.7 Å². The molecule has 0 fully saturated rings. The number of rotatable bonds is 6. The fourth-order valence-electron chi connectivity index (χ4n) is 3.43.